The van der Waals surface area contributed by atoms with Crippen molar-refractivity contribution in [3.8, 4) is 17.0 Å². The first-order chi connectivity index (χ1) is 16.9. The van der Waals surface area contributed by atoms with Crippen LogP contribution in [0.1, 0.15) is 15.4 Å². The Kier molecular flexibility index (Phi) is 7.86. The number of rotatable bonds is 10. The average Bonchev–Trinajstić information content (AvgIpc) is 3.27. The van der Waals surface area contributed by atoms with Crippen molar-refractivity contribution in [2.75, 3.05) is 46.1 Å². The largest absolute Gasteiger partial charge is 0.492 e. The molecular weight excluding hydrogens is 464 g/mol. The van der Waals surface area contributed by atoms with Gasteiger partial charge in [-0.25, -0.2) is 15.0 Å². The van der Waals surface area contributed by atoms with Crippen LogP contribution in [0.4, 0.5) is 5.95 Å². The second-order valence-corrected chi connectivity index (χ2v) is 9.28. The molecule has 0 aliphatic heterocycles. The summed E-state index contributed by atoms with van der Waals surface area (Å²) in [5.41, 5.74) is 8.92. The summed E-state index contributed by atoms with van der Waals surface area (Å²) in [6.45, 7) is 1.78. The number of aliphatic hydroxyl groups is 1. The maximum absolute atomic E-state index is 13.3. The monoisotopic (exact) mass is 492 g/mol. The highest BCUT2D eigenvalue weighted by atomic mass is 32.1. The molecule has 35 heavy (non-hydrogen) atoms. The maximum Gasteiger partial charge on any atom is 0.283 e. The summed E-state index contributed by atoms with van der Waals surface area (Å²) in [7, 11) is 3.99. The van der Waals surface area contributed by atoms with E-state index in [2.05, 4.69) is 19.9 Å². The van der Waals surface area contributed by atoms with Gasteiger partial charge in [0.25, 0.3) is 5.91 Å². The SMILES string of the molecule is CN(C)CCOc1cccc(CN(CCO)C(=O)c2nc3ccc(-c4ccnc(N)n4)cc3s2)c1. The Morgan fingerprint density at radius 1 is 1.11 bits per heavy atom. The van der Waals surface area contributed by atoms with E-state index in [0.717, 1.165) is 33.6 Å². The molecular formula is C25H28N6O3S. The van der Waals surface area contributed by atoms with Crippen LogP contribution in [0, 0.1) is 0 Å². The molecule has 2 aromatic heterocycles. The van der Waals surface area contributed by atoms with Gasteiger partial charge in [-0.1, -0.05) is 18.2 Å². The van der Waals surface area contributed by atoms with Gasteiger partial charge in [0.2, 0.25) is 5.95 Å². The van der Waals surface area contributed by atoms with Crippen LogP contribution in [0.15, 0.2) is 54.7 Å². The number of aromatic nitrogens is 3. The summed E-state index contributed by atoms with van der Waals surface area (Å²) in [6.07, 6.45) is 1.61. The first-order valence-corrected chi connectivity index (χ1v) is 12.0. The van der Waals surface area contributed by atoms with Crippen LogP contribution in [0.5, 0.6) is 5.75 Å². The Bertz CT molecular complexity index is 1310. The zero-order chi connectivity index (χ0) is 24.8. The van der Waals surface area contributed by atoms with Gasteiger partial charge in [0, 0.05) is 31.4 Å². The Morgan fingerprint density at radius 3 is 2.74 bits per heavy atom. The number of amides is 1. The predicted octanol–water partition coefficient (Wildman–Crippen LogP) is 2.91. The van der Waals surface area contributed by atoms with E-state index < -0.39 is 0 Å². The molecule has 0 bridgehead atoms. The number of nitrogen functional groups attached to an aromatic ring is 1. The highest BCUT2D eigenvalue weighted by Crippen LogP contribution is 2.28. The van der Waals surface area contributed by atoms with Gasteiger partial charge in [0.1, 0.15) is 12.4 Å². The molecule has 0 radical (unpaired) electrons. The quantitative estimate of drug-likeness (QED) is 0.347. The van der Waals surface area contributed by atoms with E-state index in [4.69, 9.17) is 10.5 Å². The van der Waals surface area contributed by atoms with Crippen molar-refractivity contribution in [2.45, 2.75) is 6.54 Å². The highest BCUT2D eigenvalue weighted by molar-refractivity contribution is 7.20. The smallest absolute Gasteiger partial charge is 0.283 e. The lowest BCUT2D eigenvalue weighted by atomic mass is 10.1. The fraction of sp³-hybridized carbons (Fsp3) is 0.280. The van der Waals surface area contributed by atoms with Gasteiger partial charge in [-0.15, -0.1) is 11.3 Å². The number of thiazole rings is 1. The predicted molar refractivity (Wildman–Crippen MR) is 137 cm³/mol. The molecule has 3 N–H and O–H groups in total. The van der Waals surface area contributed by atoms with Gasteiger partial charge >= 0.3 is 0 Å². The first-order valence-electron chi connectivity index (χ1n) is 11.2. The Hall–Kier alpha value is -3.60. The van der Waals surface area contributed by atoms with Crippen molar-refractivity contribution in [3.63, 3.8) is 0 Å². The Labute approximate surface area is 207 Å². The van der Waals surface area contributed by atoms with E-state index in [1.165, 1.54) is 11.3 Å². The van der Waals surface area contributed by atoms with Crippen LogP contribution in [0.2, 0.25) is 0 Å². The topological polar surface area (TPSA) is 118 Å². The first kappa shape index (κ1) is 24.5. The second-order valence-electron chi connectivity index (χ2n) is 8.25. The lowest BCUT2D eigenvalue weighted by molar-refractivity contribution is 0.0707. The second kappa shape index (κ2) is 11.2. The van der Waals surface area contributed by atoms with Gasteiger partial charge in [-0.2, -0.15) is 0 Å². The van der Waals surface area contributed by atoms with Gasteiger partial charge in [-0.05, 0) is 50.0 Å². The molecule has 9 nitrogen and oxygen atoms in total. The molecule has 1 amide bonds. The molecule has 0 aliphatic rings. The molecule has 0 aliphatic carbocycles. The number of nitrogens with zero attached hydrogens (tertiary/aromatic N) is 5. The molecule has 2 heterocycles. The molecule has 10 heteroatoms. The van der Waals surface area contributed by atoms with Crippen molar-refractivity contribution >= 4 is 33.4 Å². The molecule has 0 unspecified atom stereocenters. The number of hydrogen-bond donors (Lipinski definition) is 2. The van der Waals surface area contributed by atoms with Crippen LogP contribution in [0.25, 0.3) is 21.5 Å². The number of fused-ring (bicyclic) bond motifs is 1. The summed E-state index contributed by atoms with van der Waals surface area (Å²) in [5, 5.41) is 9.96. The van der Waals surface area contributed by atoms with Gasteiger partial charge < -0.3 is 25.4 Å². The van der Waals surface area contributed by atoms with E-state index in [0.29, 0.717) is 23.9 Å². The van der Waals surface area contributed by atoms with Gasteiger partial charge in [-0.3, -0.25) is 4.79 Å². The summed E-state index contributed by atoms with van der Waals surface area (Å²) in [6, 6.07) is 15.1. The summed E-state index contributed by atoms with van der Waals surface area (Å²) in [5.74, 6) is 0.722. The van der Waals surface area contributed by atoms with E-state index in [9.17, 15) is 9.90 Å². The molecule has 2 aromatic carbocycles. The number of likely N-dealkylation sites (N-methyl/N-ethyl adjacent to an activating group) is 1. The lowest BCUT2D eigenvalue weighted by Crippen LogP contribution is -2.33. The van der Waals surface area contributed by atoms with Crippen LogP contribution < -0.4 is 10.5 Å². The maximum atomic E-state index is 13.3. The molecule has 0 spiro atoms. The van der Waals surface area contributed by atoms with Crippen LogP contribution in [-0.2, 0) is 6.54 Å². The minimum Gasteiger partial charge on any atom is -0.492 e. The molecule has 0 saturated carbocycles. The number of anilines is 1. The van der Waals surface area contributed by atoms with Crippen LogP contribution in [0.3, 0.4) is 0 Å². The lowest BCUT2D eigenvalue weighted by Gasteiger charge is -2.21. The summed E-state index contributed by atoms with van der Waals surface area (Å²) < 4.78 is 6.68. The Balaban J connectivity index is 1.52. The van der Waals surface area contributed by atoms with E-state index in [1.54, 1.807) is 17.2 Å². The summed E-state index contributed by atoms with van der Waals surface area (Å²) in [4.78, 5) is 29.7. The van der Waals surface area contributed by atoms with Crippen molar-refractivity contribution in [2.24, 2.45) is 0 Å². The fourth-order valence-corrected chi connectivity index (χ4v) is 4.49. The molecule has 0 fully saturated rings. The third-order valence-electron chi connectivity index (χ3n) is 5.28. The third-order valence-corrected chi connectivity index (χ3v) is 6.28. The minimum absolute atomic E-state index is 0.144. The molecule has 182 valence electrons. The van der Waals surface area contributed by atoms with E-state index in [-0.39, 0.29) is 25.0 Å². The van der Waals surface area contributed by atoms with Crippen LogP contribution >= 0.6 is 11.3 Å². The number of aliphatic hydroxyl groups excluding tert-OH is 1. The highest BCUT2D eigenvalue weighted by Gasteiger charge is 2.20. The van der Waals surface area contributed by atoms with Crippen molar-refractivity contribution in [3.05, 3.63) is 65.3 Å². The van der Waals surface area contributed by atoms with E-state index in [1.807, 2.05) is 56.6 Å². The van der Waals surface area contributed by atoms with Gasteiger partial charge in [0.05, 0.1) is 22.5 Å². The number of hydrogen-bond acceptors (Lipinski definition) is 9. The van der Waals surface area contributed by atoms with Crippen LogP contribution in [-0.4, -0.2) is 76.2 Å². The van der Waals surface area contributed by atoms with E-state index >= 15 is 0 Å². The zero-order valence-electron chi connectivity index (χ0n) is 19.7. The normalized spacial score (nSPS) is 11.2. The molecule has 4 rings (SSSR count). The van der Waals surface area contributed by atoms with Gasteiger partial charge in [0.15, 0.2) is 5.01 Å². The molecule has 0 atom stereocenters. The number of benzene rings is 2. The summed E-state index contributed by atoms with van der Waals surface area (Å²) >= 11 is 1.31. The van der Waals surface area contributed by atoms with Crippen molar-refractivity contribution in [1.29, 1.82) is 0 Å². The van der Waals surface area contributed by atoms with Crippen molar-refractivity contribution < 1.29 is 14.6 Å². The number of carbonyl (C=O) groups is 1. The zero-order valence-corrected chi connectivity index (χ0v) is 20.5. The standard InChI is InChI=1S/C25H28N6O3S/c1-30(2)11-13-34-19-5-3-4-17(14-19)16-31(10-12-32)24(33)23-28-21-7-6-18(15-22(21)35-23)20-8-9-27-25(26)29-20/h3-9,14-15,32H,10-13,16H2,1-2H3,(H2,26,27,29). The number of nitrogens with two attached hydrogens (primary N) is 1. The number of ether oxygens (including phenoxy) is 1. The fourth-order valence-electron chi connectivity index (χ4n) is 3.52. The molecule has 4 aromatic rings. The molecule has 0 saturated heterocycles. The van der Waals surface area contributed by atoms with Crippen molar-refractivity contribution in [1.82, 2.24) is 24.8 Å². The third kappa shape index (κ3) is 6.30. The number of carbonyl (C=O) groups excluding carboxylic acids is 1. The Morgan fingerprint density at radius 2 is 1.97 bits per heavy atom. The minimum atomic E-state index is -0.230. The average molecular weight is 493 g/mol.